The summed E-state index contributed by atoms with van der Waals surface area (Å²) in [4.78, 5) is 11.5. The predicted molar refractivity (Wildman–Crippen MR) is 75.5 cm³/mol. The number of amides is 1. The van der Waals surface area contributed by atoms with Crippen molar-refractivity contribution in [1.29, 1.82) is 0 Å². The second-order valence-corrected chi connectivity index (χ2v) is 5.03. The zero-order valence-electron chi connectivity index (χ0n) is 10.7. The molecule has 0 saturated heterocycles. The Labute approximate surface area is 116 Å². The fraction of sp³-hybridized carbons (Fsp3) is 0.462. The lowest BCUT2D eigenvalue weighted by Gasteiger charge is -2.14. The Bertz CT molecular complexity index is 408. The van der Waals surface area contributed by atoms with Crippen molar-refractivity contribution in [3.63, 3.8) is 0 Å². The van der Waals surface area contributed by atoms with Gasteiger partial charge >= 0.3 is 0 Å². The number of carbonyl (C=O) groups excluding carboxylic acids is 1. The van der Waals surface area contributed by atoms with Crippen LogP contribution in [0.4, 0.5) is 0 Å². The van der Waals surface area contributed by atoms with Crippen LogP contribution in [0, 0.1) is 0 Å². The molecule has 1 atom stereocenters. The van der Waals surface area contributed by atoms with E-state index in [1.807, 2.05) is 32.0 Å². The van der Waals surface area contributed by atoms with Gasteiger partial charge in [-0.2, -0.15) is 0 Å². The highest BCUT2D eigenvalue weighted by Gasteiger charge is 2.10. The number of rotatable bonds is 6. The quantitative estimate of drug-likeness (QED) is 0.847. The largest absolute Gasteiger partial charge is 0.483 e. The molecule has 0 bridgehead atoms. The minimum atomic E-state index is -0.133. The highest BCUT2D eigenvalue weighted by molar-refractivity contribution is 9.10. The first-order valence-electron chi connectivity index (χ1n) is 5.99. The van der Waals surface area contributed by atoms with Crippen molar-refractivity contribution in [3.05, 3.63) is 28.2 Å². The van der Waals surface area contributed by atoms with Crippen LogP contribution in [0.5, 0.6) is 5.75 Å². The lowest BCUT2D eigenvalue weighted by Crippen LogP contribution is -2.29. The van der Waals surface area contributed by atoms with Gasteiger partial charge < -0.3 is 15.8 Å². The molecule has 0 spiro atoms. The Morgan fingerprint density at radius 3 is 2.89 bits per heavy atom. The molecule has 1 rings (SSSR count). The van der Waals surface area contributed by atoms with Crippen molar-refractivity contribution in [2.45, 2.75) is 26.3 Å². The number of hydrogen-bond donors (Lipinski definition) is 2. The van der Waals surface area contributed by atoms with Crippen LogP contribution in [0.1, 0.15) is 31.9 Å². The predicted octanol–water partition coefficient (Wildman–Crippen LogP) is 2.37. The molecule has 5 heteroatoms. The molecule has 1 aromatic carbocycles. The van der Waals surface area contributed by atoms with E-state index < -0.39 is 0 Å². The summed E-state index contributed by atoms with van der Waals surface area (Å²) in [7, 11) is 0. The van der Waals surface area contributed by atoms with E-state index in [1.165, 1.54) is 0 Å². The van der Waals surface area contributed by atoms with Crippen LogP contribution in [0.2, 0.25) is 0 Å². The number of ether oxygens (including phenoxy) is 1. The van der Waals surface area contributed by atoms with Crippen LogP contribution in [0.3, 0.4) is 0 Å². The Kier molecular flexibility index (Phi) is 6.15. The number of nitrogens with one attached hydrogen (secondary N) is 1. The first kappa shape index (κ1) is 15.0. The molecule has 0 heterocycles. The number of carbonyl (C=O) groups is 1. The van der Waals surface area contributed by atoms with Crippen molar-refractivity contribution in [2.75, 3.05) is 13.2 Å². The number of nitrogens with two attached hydrogens (primary N) is 1. The van der Waals surface area contributed by atoms with E-state index in [1.54, 1.807) is 0 Å². The molecule has 0 aliphatic heterocycles. The lowest BCUT2D eigenvalue weighted by molar-refractivity contribution is -0.123. The number of halogens is 1. The fourth-order valence-electron chi connectivity index (χ4n) is 1.47. The van der Waals surface area contributed by atoms with Crippen molar-refractivity contribution in [1.82, 2.24) is 5.32 Å². The van der Waals surface area contributed by atoms with Gasteiger partial charge in [0.05, 0.1) is 0 Å². The second kappa shape index (κ2) is 7.38. The van der Waals surface area contributed by atoms with E-state index in [9.17, 15) is 4.79 Å². The van der Waals surface area contributed by atoms with Gasteiger partial charge in [-0.3, -0.25) is 4.79 Å². The third-order valence-electron chi connectivity index (χ3n) is 2.40. The molecule has 0 fully saturated rings. The van der Waals surface area contributed by atoms with Gasteiger partial charge in [0.25, 0.3) is 5.91 Å². The molecule has 0 aliphatic carbocycles. The van der Waals surface area contributed by atoms with Gasteiger partial charge in [-0.15, -0.1) is 0 Å². The molecule has 0 unspecified atom stereocenters. The standard InChI is InChI=1S/C13H19BrN2O2/c1-3-6-16-13(17)8-18-12-7-10(14)4-5-11(12)9(2)15/h4-5,7,9H,3,6,8,15H2,1-2H3,(H,16,17)/t9-/m0/s1. The maximum absolute atomic E-state index is 11.5. The maximum Gasteiger partial charge on any atom is 0.257 e. The minimum absolute atomic E-state index is 0.0101. The topological polar surface area (TPSA) is 64.3 Å². The maximum atomic E-state index is 11.5. The molecule has 3 N–H and O–H groups in total. The monoisotopic (exact) mass is 314 g/mol. The van der Waals surface area contributed by atoms with Gasteiger partial charge in [0.1, 0.15) is 5.75 Å². The van der Waals surface area contributed by atoms with Crippen LogP contribution in [-0.2, 0) is 4.79 Å². The SMILES string of the molecule is CCCNC(=O)COc1cc(Br)ccc1[C@H](C)N. The summed E-state index contributed by atoms with van der Waals surface area (Å²) in [5, 5.41) is 2.76. The van der Waals surface area contributed by atoms with Crippen LogP contribution < -0.4 is 15.8 Å². The first-order chi connectivity index (χ1) is 8.54. The van der Waals surface area contributed by atoms with E-state index in [0.29, 0.717) is 12.3 Å². The van der Waals surface area contributed by atoms with Gasteiger partial charge in [-0.1, -0.05) is 28.9 Å². The summed E-state index contributed by atoms with van der Waals surface area (Å²) < 4.78 is 6.42. The summed E-state index contributed by atoms with van der Waals surface area (Å²) in [6.07, 6.45) is 0.910. The van der Waals surface area contributed by atoms with Gasteiger partial charge in [0.15, 0.2) is 6.61 Å². The van der Waals surface area contributed by atoms with Gasteiger partial charge in [0.2, 0.25) is 0 Å². The molecular weight excluding hydrogens is 296 g/mol. The summed E-state index contributed by atoms with van der Waals surface area (Å²) in [5.41, 5.74) is 6.75. The molecule has 1 aromatic rings. The highest BCUT2D eigenvalue weighted by Crippen LogP contribution is 2.27. The summed E-state index contributed by atoms with van der Waals surface area (Å²) in [6, 6.07) is 5.49. The molecule has 1 amide bonds. The first-order valence-corrected chi connectivity index (χ1v) is 6.78. The molecule has 18 heavy (non-hydrogen) atoms. The van der Waals surface area contributed by atoms with Crippen molar-refractivity contribution in [2.24, 2.45) is 5.73 Å². The van der Waals surface area contributed by atoms with Crippen molar-refractivity contribution >= 4 is 21.8 Å². The van der Waals surface area contributed by atoms with Crippen LogP contribution in [0.25, 0.3) is 0 Å². The molecule has 0 radical (unpaired) electrons. The molecule has 0 aromatic heterocycles. The Balaban J connectivity index is 2.65. The van der Waals surface area contributed by atoms with Crippen LogP contribution in [-0.4, -0.2) is 19.1 Å². The second-order valence-electron chi connectivity index (χ2n) is 4.11. The zero-order valence-corrected chi connectivity index (χ0v) is 12.3. The van der Waals surface area contributed by atoms with Gasteiger partial charge in [-0.05, 0) is 25.5 Å². The van der Waals surface area contributed by atoms with E-state index in [0.717, 1.165) is 16.5 Å². The lowest BCUT2D eigenvalue weighted by atomic mass is 10.1. The van der Waals surface area contributed by atoms with E-state index in [2.05, 4.69) is 21.2 Å². The smallest absolute Gasteiger partial charge is 0.257 e. The normalized spacial score (nSPS) is 12.0. The Hall–Kier alpha value is -1.07. The minimum Gasteiger partial charge on any atom is -0.483 e. The van der Waals surface area contributed by atoms with Gasteiger partial charge in [-0.25, -0.2) is 0 Å². The van der Waals surface area contributed by atoms with Crippen molar-refractivity contribution in [3.8, 4) is 5.75 Å². The highest BCUT2D eigenvalue weighted by atomic mass is 79.9. The molecule has 100 valence electrons. The zero-order chi connectivity index (χ0) is 13.5. The van der Waals surface area contributed by atoms with E-state index in [4.69, 9.17) is 10.5 Å². The molecule has 0 aliphatic rings. The van der Waals surface area contributed by atoms with E-state index >= 15 is 0 Å². The van der Waals surface area contributed by atoms with E-state index in [-0.39, 0.29) is 18.6 Å². The Morgan fingerprint density at radius 1 is 1.56 bits per heavy atom. The summed E-state index contributed by atoms with van der Waals surface area (Å²) in [6.45, 7) is 4.56. The summed E-state index contributed by atoms with van der Waals surface area (Å²) in [5.74, 6) is 0.526. The fourth-order valence-corrected chi connectivity index (χ4v) is 1.81. The molecular formula is C13H19BrN2O2. The number of benzene rings is 1. The number of hydrogen-bond acceptors (Lipinski definition) is 3. The molecule has 4 nitrogen and oxygen atoms in total. The van der Waals surface area contributed by atoms with Gasteiger partial charge in [0, 0.05) is 22.6 Å². The third kappa shape index (κ3) is 4.66. The Morgan fingerprint density at radius 2 is 2.28 bits per heavy atom. The summed E-state index contributed by atoms with van der Waals surface area (Å²) >= 11 is 3.37. The van der Waals surface area contributed by atoms with Crippen LogP contribution in [0.15, 0.2) is 22.7 Å². The average molecular weight is 315 g/mol. The van der Waals surface area contributed by atoms with Crippen molar-refractivity contribution < 1.29 is 9.53 Å². The molecule has 0 saturated carbocycles. The average Bonchev–Trinajstić information content (AvgIpc) is 2.33. The third-order valence-corrected chi connectivity index (χ3v) is 2.89. The van der Waals surface area contributed by atoms with Crippen LogP contribution >= 0.6 is 15.9 Å².